The second kappa shape index (κ2) is 6.44. The van der Waals surface area contributed by atoms with E-state index in [-0.39, 0.29) is 11.8 Å². The first kappa shape index (κ1) is 13.8. The molecule has 0 saturated heterocycles. The van der Waals surface area contributed by atoms with Gasteiger partial charge in [0.05, 0.1) is 13.7 Å². The molecule has 1 aliphatic carbocycles. The fraction of sp³-hybridized carbons (Fsp3) is 0.818. The lowest BCUT2D eigenvalue weighted by atomic mass is 9.82. The summed E-state index contributed by atoms with van der Waals surface area (Å²) in [4.78, 5) is 27.1. The Balaban J connectivity index is 2.30. The number of amides is 2. The Hall–Kier alpha value is -1.30. The van der Waals surface area contributed by atoms with E-state index in [2.05, 4.69) is 0 Å². The summed E-state index contributed by atoms with van der Waals surface area (Å²) in [6.07, 6.45) is 2.63. The van der Waals surface area contributed by atoms with Gasteiger partial charge in [0.2, 0.25) is 5.91 Å². The quantitative estimate of drug-likeness (QED) is 0.745. The highest BCUT2D eigenvalue weighted by atomic mass is 16.7. The maximum atomic E-state index is 11.8. The summed E-state index contributed by atoms with van der Waals surface area (Å²) >= 11 is 0. The van der Waals surface area contributed by atoms with Gasteiger partial charge in [0.25, 0.3) is 0 Å². The van der Waals surface area contributed by atoms with Crippen LogP contribution >= 0.6 is 0 Å². The van der Waals surface area contributed by atoms with Crippen LogP contribution in [0.15, 0.2) is 0 Å². The van der Waals surface area contributed by atoms with Gasteiger partial charge in [0, 0.05) is 13.0 Å². The smallest absolute Gasteiger partial charge is 0.404 e. The number of hydrogen-bond donors (Lipinski definition) is 1. The third kappa shape index (κ3) is 4.22. The number of carbonyl (C=O) groups excluding carboxylic acids is 2. The third-order valence-electron chi connectivity index (χ3n) is 3.24. The Morgan fingerprint density at radius 3 is 2.35 bits per heavy atom. The Labute approximate surface area is 101 Å². The predicted octanol–water partition coefficient (Wildman–Crippen LogP) is 0.908. The average molecular weight is 244 g/mol. The fourth-order valence-electron chi connectivity index (χ4n) is 2.12. The molecule has 98 valence electrons. The Kier molecular flexibility index (Phi) is 5.21. The number of hydrogen-bond acceptors (Lipinski definition) is 4. The first-order chi connectivity index (χ1) is 8.04. The van der Waals surface area contributed by atoms with Crippen LogP contribution in [-0.4, -0.2) is 37.8 Å². The van der Waals surface area contributed by atoms with Crippen molar-refractivity contribution in [2.75, 3.05) is 20.8 Å². The lowest BCUT2D eigenvalue weighted by Gasteiger charge is -2.29. The van der Waals surface area contributed by atoms with Gasteiger partial charge in [-0.25, -0.2) is 9.86 Å². The van der Waals surface area contributed by atoms with Crippen molar-refractivity contribution in [3.05, 3.63) is 0 Å². The number of nitrogens with two attached hydrogens (primary N) is 1. The van der Waals surface area contributed by atoms with Crippen LogP contribution in [0.4, 0.5) is 4.79 Å². The summed E-state index contributed by atoms with van der Waals surface area (Å²) in [7, 11) is 3.09. The monoisotopic (exact) mass is 244 g/mol. The van der Waals surface area contributed by atoms with Gasteiger partial charge in [-0.1, -0.05) is 0 Å². The number of primary amides is 1. The molecule has 0 aliphatic heterocycles. The molecule has 0 aromatic carbocycles. The van der Waals surface area contributed by atoms with E-state index in [9.17, 15) is 9.59 Å². The normalized spacial score (nSPS) is 24.1. The van der Waals surface area contributed by atoms with Gasteiger partial charge in [-0.15, -0.1) is 0 Å². The van der Waals surface area contributed by atoms with E-state index in [0.717, 1.165) is 25.7 Å². The SMILES string of the molecule is CON(C)C(=O)C1CCC(COC(N)=O)CC1. The Bertz CT molecular complexity index is 275. The number of carbonyl (C=O) groups is 2. The van der Waals surface area contributed by atoms with Crippen molar-refractivity contribution in [3.8, 4) is 0 Å². The number of ether oxygens (including phenoxy) is 1. The lowest BCUT2D eigenvalue weighted by molar-refractivity contribution is -0.174. The molecule has 1 fully saturated rings. The van der Waals surface area contributed by atoms with Gasteiger partial charge in [-0.05, 0) is 31.6 Å². The van der Waals surface area contributed by atoms with Crippen LogP contribution < -0.4 is 5.73 Å². The zero-order valence-electron chi connectivity index (χ0n) is 10.3. The molecule has 2 N–H and O–H groups in total. The molecule has 0 spiro atoms. The average Bonchev–Trinajstić information content (AvgIpc) is 2.35. The van der Waals surface area contributed by atoms with E-state index >= 15 is 0 Å². The van der Waals surface area contributed by atoms with Crippen LogP contribution in [-0.2, 0) is 14.4 Å². The van der Waals surface area contributed by atoms with E-state index in [1.54, 1.807) is 7.05 Å². The highest BCUT2D eigenvalue weighted by molar-refractivity contribution is 5.77. The molecule has 1 rings (SSSR count). The molecular weight excluding hydrogens is 224 g/mol. The molecule has 0 radical (unpaired) electrons. The van der Waals surface area contributed by atoms with Gasteiger partial charge in [-0.3, -0.25) is 9.63 Å². The van der Waals surface area contributed by atoms with E-state index in [0.29, 0.717) is 12.5 Å². The highest BCUT2D eigenvalue weighted by Crippen LogP contribution is 2.30. The largest absolute Gasteiger partial charge is 0.449 e. The molecule has 0 bridgehead atoms. The van der Waals surface area contributed by atoms with Gasteiger partial charge >= 0.3 is 6.09 Å². The standard InChI is InChI=1S/C11H20N2O4/c1-13(16-2)10(14)9-5-3-8(4-6-9)7-17-11(12)15/h8-9H,3-7H2,1-2H3,(H2,12,15). The lowest BCUT2D eigenvalue weighted by Crippen LogP contribution is -2.35. The van der Waals surface area contributed by atoms with Gasteiger partial charge in [0.1, 0.15) is 0 Å². The summed E-state index contributed by atoms with van der Waals surface area (Å²) in [6, 6.07) is 0. The summed E-state index contributed by atoms with van der Waals surface area (Å²) in [6.45, 7) is 0.358. The van der Waals surface area contributed by atoms with Gasteiger partial charge in [0.15, 0.2) is 0 Å². The molecule has 17 heavy (non-hydrogen) atoms. The van der Waals surface area contributed by atoms with Crippen LogP contribution in [0.25, 0.3) is 0 Å². The minimum atomic E-state index is -0.734. The van der Waals surface area contributed by atoms with Crippen LogP contribution in [0.1, 0.15) is 25.7 Å². The number of hydroxylamine groups is 2. The fourth-order valence-corrected chi connectivity index (χ4v) is 2.12. The summed E-state index contributed by atoms with van der Waals surface area (Å²) in [5.74, 6) is 0.353. The molecule has 0 heterocycles. The maximum Gasteiger partial charge on any atom is 0.404 e. The van der Waals surface area contributed by atoms with Crippen molar-refractivity contribution >= 4 is 12.0 Å². The molecule has 0 aromatic heterocycles. The molecule has 0 aromatic rings. The summed E-state index contributed by atoms with van der Waals surface area (Å²) < 4.78 is 4.76. The van der Waals surface area contributed by atoms with Crippen LogP contribution in [0, 0.1) is 11.8 Å². The summed E-state index contributed by atoms with van der Waals surface area (Å²) in [5, 5.41) is 1.27. The van der Waals surface area contributed by atoms with E-state index in [1.807, 2.05) is 0 Å². The molecular formula is C11H20N2O4. The highest BCUT2D eigenvalue weighted by Gasteiger charge is 2.28. The number of nitrogens with zero attached hydrogens (tertiary/aromatic N) is 1. The molecule has 1 saturated carbocycles. The van der Waals surface area contributed by atoms with E-state index in [4.69, 9.17) is 15.3 Å². The third-order valence-corrected chi connectivity index (χ3v) is 3.24. The van der Waals surface area contributed by atoms with E-state index < -0.39 is 6.09 Å². The van der Waals surface area contributed by atoms with Crippen molar-refractivity contribution in [3.63, 3.8) is 0 Å². The second-order valence-corrected chi connectivity index (χ2v) is 4.37. The van der Waals surface area contributed by atoms with Crippen molar-refractivity contribution in [1.82, 2.24) is 5.06 Å². The van der Waals surface area contributed by atoms with Crippen LogP contribution in [0.2, 0.25) is 0 Å². The van der Waals surface area contributed by atoms with Gasteiger partial charge in [-0.2, -0.15) is 0 Å². The van der Waals surface area contributed by atoms with Crippen LogP contribution in [0.5, 0.6) is 0 Å². The minimum absolute atomic E-state index is 0.0155. The zero-order valence-corrected chi connectivity index (χ0v) is 10.3. The molecule has 0 atom stereocenters. The predicted molar refractivity (Wildman–Crippen MR) is 60.8 cm³/mol. The first-order valence-corrected chi connectivity index (χ1v) is 5.78. The van der Waals surface area contributed by atoms with Crippen molar-refractivity contribution < 1.29 is 19.2 Å². The molecule has 6 heteroatoms. The van der Waals surface area contributed by atoms with Crippen molar-refractivity contribution in [2.45, 2.75) is 25.7 Å². The Morgan fingerprint density at radius 1 is 1.29 bits per heavy atom. The van der Waals surface area contributed by atoms with Crippen molar-refractivity contribution in [2.24, 2.45) is 17.6 Å². The number of rotatable bonds is 4. The molecule has 1 aliphatic rings. The maximum absolute atomic E-state index is 11.8. The van der Waals surface area contributed by atoms with Gasteiger partial charge < -0.3 is 10.5 Å². The molecule has 6 nitrogen and oxygen atoms in total. The van der Waals surface area contributed by atoms with Crippen LogP contribution in [0.3, 0.4) is 0 Å². The Morgan fingerprint density at radius 2 is 1.88 bits per heavy atom. The van der Waals surface area contributed by atoms with Crippen molar-refractivity contribution in [1.29, 1.82) is 0 Å². The zero-order chi connectivity index (χ0) is 12.8. The summed E-state index contributed by atoms with van der Waals surface area (Å²) in [5.41, 5.74) is 4.90. The second-order valence-electron chi connectivity index (χ2n) is 4.37. The topological polar surface area (TPSA) is 81.9 Å². The molecule has 2 amide bonds. The first-order valence-electron chi connectivity index (χ1n) is 5.78. The molecule has 0 unspecified atom stereocenters. The minimum Gasteiger partial charge on any atom is -0.449 e. The van der Waals surface area contributed by atoms with E-state index in [1.165, 1.54) is 12.2 Å².